The quantitative estimate of drug-likeness (QED) is 0.737. The predicted molar refractivity (Wildman–Crippen MR) is 97.7 cm³/mol. The minimum absolute atomic E-state index is 0.221. The molecule has 7 nitrogen and oxygen atoms in total. The number of hydrogen-bond donors (Lipinski definition) is 2. The highest BCUT2D eigenvalue weighted by molar-refractivity contribution is 6.03. The van der Waals surface area contributed by atoms with Gasteiger partial charge in [0.25, 0.3) is 5.91 Å². The van der Waals surface area contributed by atoms with Gasteiger partial charge in [0.15, 0.2) is 5.69 Å². The SMILES string of the molecule is COc1ccccc1-n1nnc(C(=O)Nc2cccc([C@H](C)O)c2)c1C. The lowest BCUT2D eigenvalue weighted by atomic mass is 10.1. The van der Waals surface area contributed by atoms with Gasteiger partial charge in [-0.05, 0) is 43.7 Å². The predicted octanol–water partition coefficient (Wildman–Crippen LogP) is 2.89. The van der Waals surface area contributed by atoms with Crippen LogP contribution in [-0.4, -0.2) is 33.1 Å². The van der Waals surface area contributed by atoms with Crippen molar-refractivity contribution in [2.24, 2.45) is 0 Å². The summed E-state index contributed by atoms with van der Waals surface area (Å²) in [5, 5.41) is 20.6. The highest BCUT2D eigenvalue weighted by Crippen LogP contribution is 2.24. The summed E-state index contributed by atoms with van der Waals surface area (Å²) >= 11 is 0. The molecule has 0 spiro atoms. The number of benzene rings is 2. The Balaban J connectivity index is 1.88. The van der Waals surface area contributed by atoms with Crippen LogP contribution >= 0.6 is 0 Å². The van der Waals surface area contributed by atoms with E-state index in [0.717, 1.165) is 5.56 Å². The first kappa shape index (κ1) is 17.6. The molecule has 26 heavy (non-hydrogen) atoms. The van der Waals surface area contributed by atoms with Gasteiger partial charge in [-0.15, -0.1) is 5.10 Å². The number of aromatic nitrogens is 3. The van der Waals surface area contributed by atoms with E-state index in [2.05, 4.69) is 15.6 Å². The number of methoxy groups -OCH3 is 1. The third kappa shape index (κ3) is 3.43. The largest absolute Gasteiger partial charge is 0.494 e. The molecule has 0 aliphatic heterocycles. The first-order chi connectivity index (χ1) is 12.5. The Morgan fingerprint density at radius 1 is 1.23 bits per heavy atom. The van der Waals surface area contributed by atoms with Crippen LogP contribution in [0.1, 0.15) is 34.8 Å². The number of aliphatic hydroxyl groups excluding tert-OH is 1. The minimum atomic E-state index is -0.611. The van der Waals surface area contributed by atoms with Crippen molar-refractivity contribution in [3.05, 3.63) is 65.5 Å². The summed E-state index contributed by atoms with van der Waals surface area (Å²) in [4.78, 5) is 12.6. The van der Waals surface area contributed by atoms with Gasteiger partial charge in [-0.3, -0.25) is 4.79 Å². The number of carbonyl (C=O) groups is 1. The van der Waals surface area contributed by atoms with Crippen LogP contribution in [0.25, 0.3) is 5.69 Å². The van der Waals surface area contributed by atoms with Gasteiger partial charge in [-0.1, -0.05) is 29.5 Å². The van der Waals surface area contributed by atoms with E-state index < -0.39 is 6.10 Å². The molecule has 0 radical (unpaired) electrons. The lowest BCUT2D eigenvalue weighted by Crippen LogP contribution is -2.14. The van der Waals surface area contributed by atoms with Gasteiger partial charge in [0.2, 0.25) is 0 Å². The van der Waals surface area contributed by atoms with E-state index in [4.69, 9.17) is 4.74 Å². The van der Waals surface area contributed by atoms with Crippen molar-refractivity contribution in [2.75, 3.05) is 12.4 Å². The topological polar surface area (TPSA) is 89.3 Å². The summed E-state index contributed by atoms with van der Waals surface area (Å²) in [6.45, 7) is 3.44. The fourth-order valence-electron chi connectivity index (χ4n) is 2.64. The molecule has 1 heterocycles. The Kier molecular flexibility index (Phi) is 4.99. The van der Waals surface area contributed by atoms with Crippen LogP contribution in [0.3, 0.4) is 0 Å². The van der Waals surface area contributed by atoms with Crippen molar-refractivity contribution in [1.29, 1.82) is 0 Å². The molecule has 0 saturated carbocycles. The molecule has 134 valence electrons. The maximum atomic E-state index is 12.6. The number of anilines is 1. The molecule has 1 amide bonds. The Bertz CT molecular complexity index is 934. The number of hydrogen-bond acceptors (Lipinski definition) is 5. The monoisotopic (exact) mass is 352 g/mol. The molecule has 7 heteroatoms. The highest BCUT2D eigenvalue weighted by atomic mass is 16.5. The van der Waals surface area contributed by atoms with E-state index in [9.17, 15) is 9.90 Å². The van der Waals surface area contributed by atoms with Crippen LogP contribution in [-0.2, 0) is 0 Å². The van der Waals surface area contributed by atoms with E-state index in [-0.39, 0.29) is 11.6 Å². The second kappa shape index (κ2) is 7.37. The number of rotatable bonds is 5. The standard InChI is InChI=1S/C19H20N4O3/c1-12-18(19(25)20-15-8-6-7-14(11-15)13(2)24)21-22-23(12)16-9-4-5-10-17(16)26-3/h4-11,13,24H,1-3H3,(H,20,25)/t13-/m0/s1. The number of ether oxygens (including phenoxy) is 1. The molecule has 0 fully saturated rings. The van der Waals surface area contributed by atoms with Crippen LogP contribution in [0.5, 0.6) is 5.75 Å². The van der Waals surface area contributed by atoms with E-state index in [1.165, 1.54) is 0 Å². The lowest BCUT2D eigenvalue weighted by Gasteiger charge is -2.10. The van der Waals surface area contributed by atoms with Gasteiger partial charge in [-0.2, -0.15) is 0 Å². The van der Waals surface area contributed by atoms with Crippen molar-refractivity contribution in [3.63, 3.8) is 0 Å². The molecule has 3 aromatic rings. The zero-order valence-electron chi connectivity index (χ0n) is 14.8. The maximum Gasteiger partial charge on any atom is 0.278 e. The van der Waals surface area contributed by atoms with Gasteiger partial charge in [0.05, 0.1) is 18.9 Å². The number of nitrogens with zero attached hydrogens (tertiary/aromatic N) is 3. The molecule has 3 rings (SSSR count). The van der Waals surface area contributed by atoms with Gasteiger partial charge < -0.3 is 15.2 Å². The van der Waals surface area contributed by atoms with Crippen molar-refractivity contribution in [2.45, 2.75) is 20.0 Å². The zero-order valence-corrected chi connectivity index (χ0v) is 14.8. The molecule has 0 aliphatic carbocycles. The third-order valence-corrected chi connectivity index (χ3v) is 4.05. The molecule has 0 aliphatic rings. The Morgan fingerprint density at radius 2 is 2.00 bits per heavy atom. The Labute approximate surface area is 151 Å². The summed E-state index contributed by atoms with van der Waals surface area (Å²) in [5.41, 5.74) is 2.82. The maximum absolute atomic E-state index is 12.6. The fourth-order valence-corrected chi connectivity index (χ4v) is 2.64. The van der Waals surface area contributed by atoms with Crippen LogP contribution in [0.15, 0.2) is 48.5 Å². The molecular formula is C19H20N4O3. The summed E-state index contributed by atoms with van der Waals surface area (Å²) in [7, 11) is 1.58. The lowest BCUT2D eigenvalue weighted by molar-refractivity contribution is 0.102. The molecule has 0 saturated heterocycles. The normalized spacial score (nSPS) is 11.8. The molecule has 2 N–H and O–H groups in total. The molecule has 1 atom stereocenters. The van der Waals surface area contributed by atoms with Gasteiger partial charge in [0.1, 0.15) is 11.4 Å². The van der Waals surface area contributed by atoms with Gasteiger partial charge in [0, 0.05) is 5.69 Å². The van der Waals surface area contributed by atoms with E-state index >= 15 is 0 Å². The first-order valence-electron chi connectivity index (χ1n) is 8.16. The number of amides is 1. The molecule has 0 unspecified atom stereocenters. The average molecular weight is 352 g/mol. The van der Waals surface area contributed by atoms with Crippen LogP contribution in [0.4, 0.5) is 5.69 Å². The van der Waals surface area contributed by atoms with E-state index in [1.54, 1.807) is 49.9 Å². The second-order valence-electron chi connectivity index (χ2n) is 5.86. The van der Waals surface area contributed by atoms with Crippen molar-refractivity contribution in [1.82, 2.24) is 15.0 Å². The van der Waals surface area contributed by atoms with Crippen molar-refractivity contribution < 1.29 is 14.6 Å². The zero-order chi connectivity index (χ0) is 18.7. The van der Waals surface area contributed by atoms with Crippen LogP contribution in [0, 0.1) is 6.92 Å². The Morgan fingerprint density at radius 3 is 2.73 bits per heavy atom. The smallest absolute Gasteiger partial charge is 0.278 e. The molecule has 2 aromatic carbocycles. The minimum Gasteiger partial charge on any atom is -0.494 e. The summed E-state index contributed by atoms with van der Waals surface area (Å²) in [5.74, 6) is 0.267. The fraction of sp³-hybridized carbons (Fsp3) is 0.211. The molecule has 0 bridgehead atoms. The summed E-state index contributed by atoms with van der Waals surface area (Å²) < 4.78 is 6.91. The van der Waals surface area contributed by atoms with Crippen molar-refractivity contribution >= 4 is 11.6 Å². The number of aliphatic hydroxyl groups is 1. The van der Waals surface area contributed by atoms with E-state index in [0.29, 0.717) is 22.8 Å². The first-order valence-corrected chi connectivity index (χ1v) is 8.16. The molecule has 1 aromatic heterocycles. The molecular weight excluding hydrogens is 332 g/mol. The highest BCUT2D eigenvalue weighted by Gasteiger charge is 2.19. The Hall–Kier alpha value is -3.19. The van der Waals surface area contributed by atoms with Gasteiger partial charge >= 0.3 is 0 Å². The summed E-state index contributed by atoms with van der Waals surface area (Å²) in [6, 6.07) is 14.4. The number of para-hydroxylation sites is 2. The van der Waals surface area contributed by atoms with E-state index in [1.807, 2.05) is 24.3 Å². The van der Waals surface area contributed by atoms with Crippen LogP contribution in [0.2, 0.25) is 0 Å². The van der Waals surface area contributed by atoms with Crippen molar-refractivity contribution in [3.8, 4) is 11.4 Å². The average Bonchev–Trinajstić information content (AvgIpc) is 3.03. The summed E-state index contributed by atoms with van der Waals surface area (Å²) in [6.07, 6.45) is -0.611. The third-order valence-electron chi connectivity index (χ3n) is 4.05. The number of carbonyl (C=O) groups excluding carboxylic acids is 1. The second-order valence-corrected chi connectivity index (χ2v) is 5.86. The number of nitrogens with one attached hydrogen (secondary N) is 1. The van der Waals surface area contributed by atoms with Crippen LogP contribution < -0.4 is 10.1 Å². The van der Waals surface area contributed by atoms with Gasteiger partial charge in [-0.25, -0.2) is 4.68 Å².